The van der Waals surface area contributed by atoms with E-state index in [9.17, 15) is 5.11 Å². The van der Waals surface area contributed by atoms with E-state index in [-0.39, 0.29) is 6.61 Å². The highest BCUT2D eigenvalue weighted by atomic mass is 16.5. The van der Waals surface area contributed by atoms with Gasteiger partial charge in [-0.25, -0.2) is 0 Å². The number of hydrogen-bond donors (Lipinski definition) is 2. The molecule has 0 saturated carbocycles. The van der Waals surface area contributed by atoms with Crippen molar-refractivity contribution in [2.45, 2.75) is 12.1 Å². The lowest BCUT2D eigenvalue weighted by molar-refractivity contribution is 0.0665. The Morgan fingerprint density at radius 3 is 3.07 bits per heavy atom. The Morgan fingerprint density at radius 2 is 2.36 bits per heavy atom. The molecule has 1 aromatic carbocycles. The van der Waals surface area contributed by atoms with Gasteiger partial charge in [-0.2, -0.15) is 0 Å². The fourth-order valence-electron chi connectivity index (χ4n) is 1.63. The van der Waals surface area contributed by atoms with Gasteiger partial charge in [0.05, 0.1) is 18.7 Å². The number of rotatable bonds is 1. The van der Waals surface area contributed by atoms with Crippen molar-refractivity contribution in [1.29, 1.82) is 0 Å². The molecule has 14 heavy (non-hydrogen) atoms. The third kappa shape index (κ3) is 1.32. The molecule has 0 aromatic heterocycles. The van der Waals surface area contributed by atoms with E-state index in [1.54, 1.807) is 13.2 Å². The summed E-state index contributed by atoms with van der Waals surface area (Å²) in [5.74, 6) is 1.36. The summed E-state index contributed by atoms with van der Waals surface area (Å²) in [4.78, 5) is 0. The molecule has 0 saturated heterocycles. The summed E-state index contributed by atoms with van der Waals surface area (Å²) in [6, 6.07) is 5.03. The van der Waals surface area contributed by atoms with Gasteiger partial charge in [-0.15, -0.1) is 0 Å². The topological polar surface area (TPSA) is 64.7 Å². The molecule has 1 aliphatic rings. The third-order valence-electron chi connectivity index (χ3n) is 2.40. The molecule has 1 heterocycles. The maximum absolute atomic E-state index is 9.54. The molecule has 1 aliphatic heterocycles. The first-order valence-corrected chi connectivity index (χ1v) is 4.47. The fraction of sp³-hybridized carbons (Fsp3) is 0.400. The van der Waals surface area contributed by atoms with Gasteiger partial charge in [0.1, 0.15) is 24.2 Å². The maximum Gasteiger partial charge on any atom is 0.128 e. The standard InChI is InChI=1S/C10H13NO3/c1-13-7-3-2-4-8-9(7)10(11)6(12)5-14-8/h2-4,6,10,12H,5,11H2,1H3/t6-,10-/m1/s1. The minimum Gasteiger partial charge on any atom is -0.496 e. The Hall–Kier alpha value is -1.26. The Morgan fingerprint density at radius 1 is 1.57 bits per heavy atom. The van der Waals surface area contributed by atoms with Crippen molar-refractivity contribution in [1.82, 2.24) is 0 Å². The van der Waals surface area contributed by atoms with Crippen LogP contribution in [0.3, 0.4) is 0 Å². The van der Waals surface area contributed by atoms with Crippen LogP contribution in [0.25, 0.3) is 0 Å². The van der Waals surface area contributed by atoms with Gasteiger partial charge >= 0.3 is 0 Å². The number of benzene rings is 1. The van der Waals surface area contributed by atoms with E-state index in [1.165, 1.54) is 0 Å². The molecule has 0 aliphatic carbocycles. The molecule has 0 amide bonds. The van der Waals surface area contributed by atoms with Gasteiger partial charge in [-0.1, -0.05) is 6.07 Å². The van der Waals surface area contributed by atoms with Crippen LogP contribution < -0.4 is 15.2 Å². The van der Waals surface area contributed by atoms with E-state index in [1.807, 2.05) is 12.1 Å². The highest BCUT2D eigenvalue weighted by Gasteiger charge is 2.29. The first-order valence-electron chi connectivity index (χ1n) is 4.47. The number of aliphatic hydroxyl groups is 1. The van der Waals surface area contributed by atoms with Crippen molar-refractivity contribution >= 4 is 0 Å². The second-order valence-electron chi connectivity index (χ2n) is 3.28. The smallest absolute Gasteiger partial charge is 0.128 e. The van der Waals surface area contributed by atoms with Crippen LogP contribution in [-0.2, 0) is 0 Å². The van der Waals surface area contributed by atoms with Crippen molar-refractivity contribution in [3.8, 4) is 11.5 Å². The number of ether oxygens (including phenoxy) is 2. The molecule has 0 unspecified atom stereocenters. The Kier molecular flexibility index (Phi) is 2.31. The predicted molar refractivity (Wildman–Crippen MR) is 51.4 cm³/mol. The number of hydrogen-bond acceptors (Lipinski definition) is 4. The van der Waals surface area contributed by atoms with E-state index in [2.05, 4.69) is 0 Å². The van der Waals surface area contributed by atoms with Gasteiger partial charge in [0.15, 0.2) is 0 Å². The third-order valence-corrected chi connectivity index (χ3v) is 2.40. The zero-order valence-corrected chi connectivity index (χ0v) is 7.93. The molecular weight excluding hydrogens is 182 g/mol. The second kappa shape index (κ2) is 3.48. The molecule has 2 atom stereocenters. The molecular formula is C10H13NO3. The minimum absolute atomic E-state index is 0.237. The van der Waals surface area contributed by atoms with Crippen LogP contribution in [0.5, 0.6) is 11.5 Å². The summed E-state index contributed by atoms with van der Waals surface area (Å²) in [5, 5.41) is 9.54. The van der Waals surface area contributed by atoms with Gasteiger partial charge in [-0.05, 0) is 12.1 Å². The summed E-state index contributed by atoms with van der Waals surface area (Å²) >= 11 is 0. The lowest BCUT2D eigenvalue weighted by atomic mass is 9.98. The molecule has 4 heteroatoms. The van der Waals surface area contributed by atoms with Crippen LogP contribution in [0.2, 0.25) is 0 Å². The Labute approximate surface area is 82.2 Å². The monoisotopic (exact) mass is 195 g/mol. The molecule has 0 fully saturated rings. The minimum atomic E-state index is -0.668. The number of methoxy groups -OCH3 is 1. The van der Waals surface area contributed by atoms with Crippen molar-refractivity contribution < 1.29 is 14.6 Å². The summed E-state index contributed by atoms with van der Waals surface area (Å²) < 4.78 is 10.5. The first kappa shape index (κ1) is 9.30. The second-order valence-corrected chi connectivity index (χ2v) is 3.28. The molecule has 1 aromatic rings. The van der Waals surface area contributed by atoms with Gasteiger partial charge in [-0.3, -0.25) is 0 Å². The van der Waals surface area contributed by atoms with Gasteiger partial charge < -0.3 is 20.3 Å². The number of aliphatic hydroxyl groups excluding tert-OH is 1. The van der Waals surface area contributed by atoms with Gasteiger partial charge in [0, 0.05) is 0 Å². The van der Waals surface area contributed by atoms with E-state index in [0.29, 0.717) is 11.5 Å². The molecule has 0 radical (unpaired) electrons. The average molecular weight is 195 g/mol. The van der Waals surface area contributed by atoms with E-state index >= 15 is 0 Å². The molecule has 0 bridgehead atoms. The van der Waals surface area contributed by atoms with Crippen LogP contribution >= 0.6 is 0 Å². The lowest BCUT2D eigenvalue weighted by Gasteiger charge is -2.28. The Bertz CT molecular complexity index is 326. The average Bonchev–Trinajstić information content (AvgIpc) is 2.23. The van der Waals surface area contributed by atoms with Crippen LogP contribution in [0.1, 0.15) is 11.6 Å². The fourth-order valence-corrected chi connectivity index (χ4v) is 1.63. The van der Waals surface area contributed by atoms with Crippen LogP contribution in [0.15, 0.2) is 18.2 Å². The summed E-state index contributed by atoms with van der Waals surface area (Å²) in [7, 11) is 1.57. The highest BCUT2D eigenvalue weighted by molar-refractivity contribution is 5.48. The molecule has 2 rings (SSSR count). The van der Waals surface area contributed by atoms with E-state index in [0.717, 1.165) is 5.56 Å². The predicted octanol–water partition coefficient (Wildman–Crippen LogP) is 0.448. The molecule has 3 N–H and O–H groups in total. The van der Waals surface area contributed by atoms with Gasteiger partial charge in [0.2, 0.25) is 0 Å². The van der Waals surface area contributed by atoms with Gasteiger partial charge in [0.25, 0.3) is 0 Å². The first-order chi connectivity index (χ1) is 6.74. The van der Waals surface area contributed by atoms with Crippen LogP contribution in [0, 0.1) is 0 Å². The van der Waals surface area contributed by atoms with E-state index < -0.39 is 12.1 Å². The number of nitrogens with two attached hydrogens (primary N) is 1. The highest BCUT2D eigenvalue weighted by Crippen LogP contribution is 2.37. The summed E-state index contributed by atoms with van der Waals surface area (Å²) in [5.41, 5.74) is 6.60. The molecule has 76 valence electrons. The van der Waals surface area contributed by atoms with E-state index in [4.69, 9.17) is 15.2 Å². The SMILES string of the molecule is COc1cccc2c1[C@H](N)[C@H](O)CO2. The van der Waals surface area contributed by atoms with Crippen LogP contribution in [0.4, 0.5) is 0 Å². The van der Waals surface area contributed by atoms with Crippen molar-refractivity contribution in [2.75, 3.05) is 13.7 Å². The lowest BCUT2D eigenvalue weighted by Crippen LogP contribution is -2.35. The van der Waals surface area contributed by atoms with Crippen molar-refractivity contribution in [2.24, 2.45) is 5.73 Å². The quantitative estimate of drug-likeness (QED) is 0.682. The normalized spacial score (nSPS) is 25.1. The maximum atomic E-state index is 9.54. The summed E-state index contributed by atoms with van der Waals surface area (Å²) in [6.07, 6.45) is -0.668. The molecule has 4 nitrogen and oxygen atoms in total. The zero-order valence-electron chi connectivity index (χ0n) is 7.93. The Balaban J connectivity index is 2.49. The largest absolute Gasteiger partial charge is 0.496 e. The van der Waals surface area contributed by atoms with Crippen LogP contribution in [-0.4, -0.2) is 24.9 Å². The summed E-state index contributed by atoms with van der Waals surface area (Å²) in [6.45, 7) is 0.237. The zero-order chi connectivity index (χ0) is 10.1. The van der Waals surface area contributed by atoms with Crippen molar-refractivity contribution in [3.63, 3.8) is 0 Å². The van der Waals surface area contributed by atoms with Crippen molar-refractivity contribution in [3.05, 3.63) is 23.8 Å². The number of fused-ring (bicyclic) bond motifs is 1. The molecule has 0 spiro atoms.